The lowest BCUT2D eigenvalue weighted by atomic mass is 10.0. The number of nitrogens with zero attached hydrogens (tertiary/aromatic N) is 6. The number of halogens is 1. The maximum atomic E-state index is 15.4. The van der Waals surface area contributed by atoms with Crippen LogP contribution in [0.3, 0.4) is 0 Å². The predicted octanol–water partition coefficient (Wildman–Crippen LogP) is 0.382. The van der Waals surface area contributed by atoms with Gasteiger partial charge >= 0.3 is 12.1 Å². The average molecular weight is 747 g/mol. The number of hydrogen-bond acceptors (Lipinski definition) is 13. The van der Waals surface area contributed by atoms with Crippen LogP contribution in [0, 0.1) is 5.82 Å². The fourth-order valence-electron chi connectivity index (χ4n) is 6.53. The van der Waals surface area contributed by atoms with E-state index >= 15 is 4.39 Å². The van der Waals surface area contributed by atoms with Crippen LogP contribution >= 0.6 is 23.1 Å². The van der Waals surface area contributed by atoms with Crippen LogP contribution in [-0.2, 0) is 28.8 Å². The standard InChI is InChI=1S/C31H36FN9O8S2/c1-16(42)34-11-19-12-39(31(47)49-19)18-4-5-22(20(32)10-18)38-6-8-41(2,9-7-38)13-17-14-50-28-24(27(44)40(28)25(17)29(45)46)36-26(43)23(37-48-3)21-15-51-30(33)35-21/h4-5,10,15,19,24,28H,6-9,11-14H2,1-3H3,(H4-,33,34,35,36,42,43,45,46)/p+1/b37-23-/t19-,24+,28?/m0/s1. The number of aliphatic carboxylic acids is 1. The molecule has 4 amide bonds. The molecule has 0 radical (unpaired) electrons. The van der Waals surface area contributed by atoms with E-state index in [2.05, 4.69) is 20.8 Å². The van der Waals surface area contributed by atoms with Crippen LogP contribution in [0.1, 0.15) is 12.6 Å². The number of thioether (sulfide) groups is 1. The number of cyclic esters (lactones) is 1. The molecule has 272 valence electrons. The van der Waals surface area contributed by atoms with Crippen molar-refractivity contribution in [2.24, 2.45) is 5.16 Å². The Morgan fingerprint density at radius 1 is 1.25 bits per heavy atom. The summed E-state index contributed by atoms with van der Waals surface area (Å²) in [5.74, 6) is -2.90. The molecule has 5 N–H and O–H groups in total. The van der Waals surface area contributed by atoms with Crippen molar-refractivity contribution in [1.82, 2.24) is 20.5 Å². The third-order valence-electron chi connectivity index (χ3n) is 9.13. The van der Waals surface area contributed by atoms with Crippen LogP contribution in [-0.4, -0.2) is 138 Å². The summed E-state index contributed by atoms with van der Waals surface area (Å²) in [6.07, 6.45) is -1.16. The molecule has 0 saturated carbocycles. The number of carboxylic acid groups (broad SMARTS) is 1. The van der Waals surface area contributed by atoms with Crippen LogP contribution in [0.5, 0.6) is 0 Å². The fourth-order valence-corrected chi connectivity index (χ4v) is 8.41. The van der Waals surface area contributed by atoms with E-state index in [9.17, 15) is 29.1 Å². The lowest BCUT2D eigenvalue weighted by molar-refractivity contribution is -0.905. The number of thiazole rings is 1. The highest BCUT2D eigenvalue weighted by Gasteiger charge is 2.55. The third-order valence-corrected chi connectivity index (χ3v) is 11.1. The number of piperazine rings is 1. The van der Waals surface area contributed by atoms with Crippen LogP contribution in [0.25, 0.3) is 0 Å². The van der Waals surface area contributed by atoms with Gasteiger partial charge in [0.05, 0.1) is 57.7 Å². The number of hydrogen-bond donors (Lipinski definition) is 4. The lowest BCUT2D eigenvalue weighted by Gasteiger charge is -2.50. The van der Waals surface area contributed by atoms with Crippen molar-refractivity contribution in [2.75, 3.05) is 81.3 Å². The molecule has 1 aromatic heterocycles. The molecule has 5 heterocycles. The predicted molar refractivity (Wildman–Crippen MR) is 185 cm³/mol. The molecule has 4 aliphatic rings. The summed E-state index contributed by atoms with van der Waals surface area (Å²) in [5.41, 5.74) is 6.95. The van der Waals surface area contributed by atoms with Gasteiger partial charge in [0, 0.05) is 23.6 Å². The number of nitrogen functional groups attached to an aromatic ring is 1. The van der Waals surface area contributed by atoms with Crippen molar-refractivity contribution in [3.05, 3.63) is 46.4 Å². The second kappa shape index (κ2) is 14.3. The number of quaternary nitrogens is 1. The van der Waals surface area contributed by atoms with Gasteiger partial charge in [-0.15, -0.1) is 23.1 Å². The van der Waals surface area contributed by atoms with Crippen LogP contribution in [0.15, 0.2) is 40.0 Å². The van der Waals surface area contributed by atoms with Crippen molar-refractivity contribution in [3.63, 3.8) is 0 Å². The number of carbonyl (C=O) groups excluding carboxylic acids is 4. The Morgan fingerprint density at radius 3 is 2.63 bits per heavy atom. The van der Waals surface area contributed by atoms with E-state index in [-0.39, 0.29) is 41.2 Å². The number of benzene rings is 1. The van der Waals surface area contributed by atoms with Crippen molar-refractivity contribution >= 4 is 75.1 Å². The van der Waals surface area contributed by atoms with Crippen LogP contribution in [0.4, 0.5) is 25.7 Å². The molecule has 4 aliphatic heterocycles. The van der Waals surface area contributed by atoms with Gasteiger partial charge in [-0.25, -0.2) is 19.0 Å². The molecule has 17 nitrogen and oxygen atoms in total. The quantitative estimate of drug-likeness (QED) is 0.107. The van der Waals surface area contributed by atoms with E-state index in [1.807, 2.05) is 11.9 Å². The number of anilines is 3. The number of nitrogens with one attached hydrogen (secondary N) is 2. The van der Waals surface area contributed by atoms with Crippen molar-refractivity contribution in [1.29, 1.82) is 0 Å². The van der Waals surface area contributed by atoms with Gasteiger partial charge < -0.3 is 40.4 Å². The molecule has 51 heavy (non-hydrogen) atoms. The maximum Gasteiger partial charge on any atom is 0.414 e. The number of carboxylic acids is 1. The minimum absolute atomic E-state index is 0.0875. The van der Waals surface area contributed by atoms with E-state index < -0.39 is 47.2 Å². The zero-order chi connectivity index (χ0) is 36.6. The summed E-state index contributed by atoms with van der Waals surface area (Å²) in [6.45, 7) is 4.18. The highest BCUT2D eigenvalue weighted by Crippen LogP contribution is 2.41. The van der Waals surface area contributed by atoms with Gasteiger partial charge in [-0.2, -0.15) is 0 Å². The summed E-state index contributed by atoms with van der Waals surface area (Å²) >= 11 is 2.47. The lowest BCUT2D eigenvalue weighted by Crippen LogP contribution is -2.71. The third kappa shape index (κ3) is 7.29. The Balaban J connectivity index is 1.08. The number of amides is 4. The molecule has 1 unspecified atom stereocenters. The Labute approximate surface area is 299 Å². The topological polar surface area (TPSA) is 209 Å². The van der Waals surface area contributed by atoms with E-state index in [0.29, 0.717) is 59.9 Å². The maximum absolute atomic E-state index is 15.4. The van der Waals surface area contributed by atoms with Crippen molar-refractivity contribution in [2.45, 2.75) is 24.4 Å². The first-order valence-corrected chi connectivity index (χ1v) is 17.9. The zero-order valence-corrected chi connectivity index (χ0v) is 29.6. The van der Waals surface area contributed by atoms with Crippen LogP contribution in [0.2, 0.25) is 0 Å². The molecule has 3 fully saturated rings. The monoisotopic (exact) mass is 746 g/mol. The number of oxime groups is 1. The first-order valence-electron chi connectivity index (χ1n) is 15.9. The summed E-state index contributed by atoms with van der Waals surface area (Å²) in [7, 11) is 3.27. The first-order chi connectivity index (χ1) is 24.3. The average Bonchev–Trinajstić information content (AvgIpc) is 3.69. The summed E-state index contributed by atoms with van der Waals surface area (Å²) < 4.78 is 21.2. The summed E-state index contributed by atoms with van der Waals surface area (Å²) in [5, 5.41) is 20.4. The van der Waals surface area contributed by atoms with Gasteiger partial charge in [0.2, 0.25) is 5.91 Å². The SMILES string of the molecule is CO/N=C(\C(=O)N[C@@H]1C(=O)N2C(C(=O)O)=C(C[N+]3(C)CCN(c4ccc(N5C[C@H](CNC(C)=O)OC5=O)cc4F)CC3)CSC12)c1csc(N)n1. The number of likely N-dealkylation sites (N-methyl/N-ethyl adjacent to an activating group) is 1. The Morgan fingerprint density at radius 2 is 2.00 bits per heavy atom. The minimum Gasteiger partial charge on any atom is -0.477 e. The fraction of sp³-hybridized carbons (Fsp3) is 0.452. The number of carbonyl (C=O) groups is 5. The molecule has 6 rings (SSSR count). The molecule has 0 bridgehead atoms. The normalized spacial score (nSPS) is 23.0. The molecule has 2 aromatic rings. The van der Waals surface area contributed by atoms with Gasteiger partial charge in [-0.05, 0) is 18.2 Å². The van der Waals surface area contributed by atoms with Crippen molar-refractivity contribution < 1.29 is 47.5 Å². The van der Waals surface area contributed by atoms with Gasteiger partial charge in [-0.3, -0.25) is 24.2 Å². The molecule has 0 aliphatic carbocycles. The number of β-lactam (4-membered cyclic amide) rings is 1. The van der Waals surface area contributed by atoms with E-state index in [0.717, 1.165) is 11.3 Å². The summed E-state index contributed by atoms with van der Waals surface area (Å²) in [6, 6.07) is 3.59. The molecule has 20 heteroatoms. The number of rotatable bonds is 11. The Bertz CT molecular complexity index is 1830. The van der Waals surface area contributed by atoms with Gasteiger partial charge in [0.1, 0.15) is 48.4 Å². The number of aromatic nitrogens is 1. The molecule has 1 aromatic carbocycles. The van der Waals surface area contributed by atoms with Gasteiger partial charge in [0.25, 0.3) is 11.8 Å². The van der Waals surface area contributed by atoms with E-state index in [1.165, 1.54) is 47.0 Å². The number of fused-ring (bicyclic) bond motifs is 1. The van der Waals surface area contributed by atoms with Gasteiger partial charge in [0.15, 0.2) is 10.8 Å². The largest absolute Gasteiger partial charge is 0.477 e. The highest BCUT2D eigenvalue weighted by atomic mass is 32.2. The molecule has 0 spiro atoms. The minimum atomic E-state index is -1.23. The molecule has 3 atom stereocenters. The second-order valence-electron chi connectivity index (χ2n) is 12.7. The second-order valence-corrected chi connectivity index (χ2v) is 14.7. The Kier molecular flexibility index (Phi) is 10.1. The number of ether oxygens (including phenoxy) is 1. The van der Waals surface area contributed by atoms with Gasteiger partial charge in [-0.1, -0.05) is 5.16 Å². The zero-order valence-electron chi connectivity index (χ0n) is 28.0. The molecular weight excluding hydrogens is 710 g/mol. The van der Waals surface area contributed by atoms with Crippen molar-refractivity contribution in [3.8, 4) is 0 Å². The first kappa shape index (κ1) is 35.9. The van der Waals surface area contributed by atoms with E-state index in [1.54, 1.807) is 12.1 Å². The number of nitrogens with two attached hydrogens (primary N) is 1. The van der Waals surface area contributed by atoms with Crippen LogP contribution < -0.4 is 26.2 Å². The molecule has 3 saturated heterocycles. The summed E-state index contributed by atoms with van der Waals surface area (Å²) in [4.78, 5) is 75.9. The molecular formula is C31H37FN9O8S2+. The highest BCUT2D eigenvalue weighted by molar-refractivity contribution is 8.00. The smallest absolute Gasteiger partial charge is 0.414 e. The Hall–Kier alpha value is -4.95. The van der Waals surface area contributed by atoms with E-state index in [4.69, 9.17) is 15.3 Å².